The predicted molar refractivity (Wildman–Crippen MR) is 70.5 cm³/mol. The highest BCUT2D eigenvalue weighted by molar-refractivity contribution is 5.00. The molecule has 0 aromatic rings. The van der Waals surface area contributed by atoms with Gasteiger partial charge in [0.2, 0.25) is 0 Å². The van der Waals surface area contributed by atoms with Crippen LogP contribution < -0.4 is 0 Å². The molecule has 2 saturated heterocycles. The van der Waals surface area contributed by atoms with E-state index in [1.807, 2.05) is 0 Å². The molecule has 2 unspecified atom stereocenters. The van der Waals surface area contributed by atoms with Crippen molar-refractivity contribution >= 4 is 0 Å². The maximum Gasteiger partial charge on any atom is 0.0128 e. The number of nitrogens with zero attached hydrogens (tertiary/aromatic N) is 1. The first-order chi connectivity index (χ1) is 7.19. The van der Waals surface area contributed by atoms with Crippen LogP contribution in [0.15, 0.2) is 0 Å². The van der Waals surface area contributed by atoms with Crippen molar-refractivity contribution in [2.45, 2.75) is 72.4 Å². The molecule has 0 radical (unpaired) electrons. The summed E-state index contributed by atoms with van der Waals surface area (Å²) < 4.78 is 0. The van der Waals surface area contributed by atoms with Gasteiger partial charge in [-0.05, 0) is 57.3 Å². The molecule has 0 N–H and O–H groups in total. The van der Waals surface area contributed by atoms with Crippen molar-refractivity contribution in [2.24, 2.45) is 17.3 Å². The Morgan fingerprint density at radius 2 is 1.56 bits per heavy atom. The molecule has 3 fully saturated rings. The van der Waals surface area contributed by atoms with E-state index < -0.39 is 0 Å². The molecule has 1 saturated carbocycles. The van der Waals surface area contributed by atoms with E-state index in [2.05, 4.69) is 46.4 Å². The molecule has 16 heavy (non-hydrogen) atoms. The van der Waals surface area contributed by atoms with Crippen LogP contribution in [0.25, 0.3) is 0 Å². The van der Waals surface area contributed by atoms with Crippen LogP contribution in [-0.2, 0) is 0 Å². The SMILES string of the molecule is CC(C)(C)C1CC2CC[C@@H]1CN2C(C)(C)C. The van der Waals surface area contributed by atoms with E-state index in [4.69, 9.17) is 0 Å². The zero-order chi connectivity index (χ0) is 12.1. The minimum atomic E-state index is 0.367. The summed E-state index contributed by atoms with van der Waals surface area (Å²) in [4.78, 5) is 2.77. The lowest BCUT2D eigenvalue weighted by molar-refractivity contribution is -0.0758. The molecule has 2 heterocycles. The van der Waals surface area contributed by atoms with E-state index in [0.717, 1.165) is 17.9 Å². The monoisotopic (exact) mass is 223 g/mol. The van der Waals surface area contributed by atoms with Gasteiger partial charge in [-0.3, -0.25) is 4.90 Å². The topological polar surface area (TPSA) is 3.24 Å². The Balaban J connectivity index is 2.13. The van der Waals surface area contributed by atoms with Crippen LogP contribution in [-0.4, -0.2) is 23.0 Å². The third-order valence-electron chi connectivity index (χ3n) is 4.81. The molecule has 1 nitrogen and oxygen atoms in total. The van der Waals surface area contributed by atoms with E-state index in [1.54, 1.807) is 0 Å². The molecule has 3 aliphatic rings. The molecule has 3 rings (SSSR count). The second-order valence-electron chi connectivity index (χ2n) is 8.02. The largest absolute Gasteiger partial charge is 0.295 e. The Bertz CT molecular complexity index is 228. The first-order valence-electron chi connectivity index (χ1n) is 6.96. The van der Waals surface area contributed by atoms with Gasteiger partial charge in [0, 0.05) is 18.1 Å². The lowest BCUT2D eigenvalue weighted by Crippen LogP contribution is -2.60. The average Bonchev–Trinajstić information content (AvgIpc) is 2.15. The van der Waals surface area contributed by atoms with Gasteiger partial charge >= 0.3 is 0 Å². The Hall–Kier alpha value is -0.0400. The Kier molecular flexibility index (Phi) is 2.89. The zero-order valence-corrected chi connectivity index (χ0v) is 12.0. The summed E-state index contributed by atoms with van der Waals surface area (Å²) in [5, 5.41) is 0. The molecular weight excluding hydrogens is 194 g/mol. The van der Waals surface area contributed by atoms with Crippen molar-refractivity contribution in [2.75, 3.05) is 6.54 Å². The van der Waals surface area contributed by atoms with E-state index >= 15 is 0 Å². The number of piperidine rings is 2. The first kappa shape index (κ1) is 12.4. The maximum atomic E-state index is 2.77. The molecule has 2 aliphatic heterocycles. The average molecular weight is 223 g/mol. The highest BCUT2D eigenvalue weighted by Crippen LogP contribution is 2.48. The summed E-state index contributed by atoms with van der Waals surface area (Å²) in [6.07, 6.45) is 4.35. The predicted octanol–water partition coefficient (Wildman–Crippen LogP) is 3.93. The molecule has 0 aromatic heterocycles. The highest BCUT2D eigenvalue weighted by atomic mass is 15.2. The van der Waals surface area contributed by atoms with Gasteiger partial charge in [-0.2, -0.15) is 0 Å². The Morgan fingerprint density at radius 3 is 1.94 bits per heavy atom. The number of fused-ring (bicyclic) bond motifs is 3. The van der Waals surface area contributed by atoms with Crippen LogP contribution in [0.1, 0.15) is 60.8 Å². The molecule has 1 heteroatoms. The van der Waals surface area contributed by atoms with Crippen LogP contribution in [0.5, 0.6) is 0 Å². The van der Waals surface area contributed by atoms with E-state index in [1.165, 1.54) is 25.8 Å². The first-order valence-corrected chi connectivity index (χ1v) is 6.96. The summed E-state index contributed by atoms with van der Waals surface area (Å²) in [7, 11) is 0. The van der Waals surface area contributed by atoms with Crippen molar-refractivity contribution in [1.82, 2.24) is 4.90 Å². The smallest absolute Gasteiger partial charge is 0.0128 e. The maximum absolute atomic E-state index is 2.77. The van der Waals surface area contributed by atoms with Crippen molar-refractivity contribution in [3.8, 4) is 0 Å². The Morgan fingerprint density at radius 1 is 0.938 bits per heavy atom. The fourth-order valence-electron chi connectivity index (χ4n) is 4.00. The van der Waals surface area contributed by atoms with Gasteiger partial charge in [0.15, 0.2) is 0 Å². The normalized spacial score (nSPS) is 36.8. The summed E-state index contributed by atoms with van der Waals surface area (Å²) in [5.74, 6) is 1.90. The van der Waals surface area contributed by atoms with Crippen LogP contribution in [0.4, 0.5) is 0 Å². The second kappa shape index (κ2) is 3.73. The van der Waals surface area contributed by atoms with Crippen molar-refractivity contribution < 1.29 is 0 Å². The van der Waals surface area contributed by atoms with Crippen LogP contribution >= 0.6 is 0 Å². The van der Waals surface area contributed by atoms with Gasteiger partial charge in [-0.1, -0.05) is 20.8 Å². The van der Waals surface area contributed by atoms with Gasteiger partial charge < -0.3 is 0 Å². The quantitative estimate of drug-likeness (QED) is 0.601. The highest BCUT2D eigenvalue weighted by Gasteiger charge is 2.47. The lowest BCUT2D eigenvalue weighted by Gasteiger charge is -2.57. The minimum Gasteiger partial charge on any atom is -0.295 e. The standard InChI is InChI=1S/C15H29N/c1-14(2,3)13-9-12-8-7-11(13)10-16(12)15(4,5)6/h11-13H,7-10H2,1-6H3/t11-,12?,13?/m1/s1. The molecular formula is C15H29N. The number of hydrogen-bond acceptors (Lipinski definition) is 1. The van der Waals surface area contributed by atoms with Gasteiger partial charge in [0.05, 0.1) is 0 Å². The second-order valence-corrected chi connectivity index (χ2v) is 8.02. The van der Waals surface area contributed by atoms with Crippen LogP contribution in [0, 0.1) is 17.3 Å². The lowest BCUT2D eigenvalue weighted by atomic mass is 9.61. The summed E-state index contributed by atoms with van der Waals surface area (Å²) >= 11 is 0. The van der Waals surface area contributed by atoms with Gasteiger partial charge in [0.25, 0.3) is 0 Å². The fraction of sp³-hybridized carbons (Fsp3) is 1.00. The third-order valence-corrected chi connectivity index (χ3v) is 4.81. The van der Waals surface area contributed by atoms with E-state index in [9.17, 15) is 0 Å². The molecule has 0 amide bonds. The molecule has 1 aliphatic carbocycles. The van der Waals surface area contributed by atoms with Crippen molar-refractivity contribution in [1.29, 1.82) is 0 Å². The molecule has 2 bridgehead atoms. The molecule has 94 valence electrons. The summed E-state index contributed by atoms with van der Waals surface area (Å²) in [6.45, 7) is 15.8. The molecule has 3 atom stereocenters. The zero-order valence-electron chi connectivity index (χ0n) is 12.0. The van der Waals surface area contributed by atoms with E-state index in [0.29, 0.717) is 11.0 Å². The van der Waals surface area contributed by atoms with Crippen LogP contribution in [0.3, 0.4) is 0 Å². The van der Waals surface area contributed by atoms with Gasteiger partial charge in [-0.15, -0.1) is 0 Å². The molecule has 0 aromatic carbocycles. The number of hydrogen-bond donors (Lipinski definition) is 0. The van der Waals surface area contributed by atoms with Gasteiger partial charge in [0.1, 0.15) is 0 Å². The Labute approximate surface area is 102 Å². The summed E-state index contributed by atoms with van der Waals surface area (Å²) in [5.41, 5.74) is 0.875. The number of rotatable bonds is 0. The van der Waals surface area contributed by atoms with Crippen molar-refractivity contribution in [3.05, 3.63) is 0 Å². The van der Waals surface area contributed by atoms with Gasteiger partial charge in [-0.25, -0.2) is 0 Å². The molecule has 0 spiro atoms. The fourth-order valence-corrected chi connectivity index (χ4v) is 4.00. The summed E-state index contributed by atoms with van der Waals surface area (Å²) in [6, 6.07) is 0.856. The third kappa shape index (κ3) is 2.16. The van der Waals surface area contributed by atoms with Crippen molar-refractivity contribution in [3.63, 3.8) is 0 Å². The van der Waals surface area contributed by atoms with E-state index in [-0.39, 0.29) is 0 Å². The minimum absolute atomic E-state index is 0.367. The van der Waals surface area contributed by atoms with Crippen LogP contribution in [0.2, 0.25) is 0 Å².